The Kier molecular flexibility index (Phi) is 3.34. The van der Waals surface area contributed by atoms with Crippen LogP contribution in [0.4, 0.5) is 4.79 Å². The minimum absolute atomic E-state index is 0.207. The summed E-state index contributed by atoms with van der Waals surface area (Å²) in [5, 5.41) is 10.6. The second kappa shape index (κ2) is 4.41. The number of hydrogen-bond donors (Lipinski definition) is 1. The Balaban J connectivity index is 2.11. The Morgan fingerprint density at radius 2 is 1.94 bits per heavy atom. The van der Waals surface area contributed by atoms with Crippen molar-refractivity contribution in [2.24, 2.45) is 11.8 Å². The molecule has 4 heteroatoms. The summed E-state index contributed by atoms with van der Waals surface area (Å²) >= 11 is 0. The Bertz CT molecular complexity index is 332. The summed E-state index contributed by atoms with van der Waals surface area (Å²) in [6, 6.07) is 0. The van der Waals surface area contributed by atoms with E-state index in [1.807, 2.05) is 20.8 Å². The molecule has 0 bridgehead atoms. The van der Waals surface area contributed by atoms with E-state index in [1.165, 1.54) is 11.3 Å². The molecule has 0 aromatic heterocycles. The molecule has 3 atom stereocenters. The van der Waals surface area contributed by atoms with Crippen molar-refractivity contribution >= 4 is 6.09 Å². The molecule has 1 saturated heterocycles. The van der Waals surface area contributed by atoms with Crippen LogP contribution in [0.2, 0.25) is 0 Å². The maximum Gasteiger partial charge on any atom is 0.412 e. The van der Waals surface area contributed by atoms with Crippen molar-refractivity contribution in [1.29, 1.82) is 0 Å². The summed E-state index contributed by atoms with van der Waals surface area (Å²) < 4.78 is 5.39. The van der Waals surface area contributed by atoms with Crippen molar-refractivity contribution in [3.63, 3.8) is 0 Å². The number of aliphatic hydroxyl groups is 1. The molecule has 0 spiro atoms. The van der Waals surface area contributed by atoms with E-state index in [1.54, 1.807) is 6.92 Å². The molecule has 18 heavy (non-hydrogen) atoms. The first kappa shape index (κ1) is 13.7. The third kappa shape index (κ3) is 2.48. The van der Waals surface area contributed by atoms with Crippen molar-refractivity contribution in [1.82, 2.24) is 4.90 Å². The van der Waals surface area contributed by atoms with Crippen LogP contribution >= 0.6 is 0 Å². The van der Waals surface area contributed by atoms with Gasteiger partial charge in [-0.2, -0.15) is 0 Å². The molecule has 2 unspecified atom stereocenters. The zero-order valence-corrected chi connectivity index (χ0v) is 11.9. The third-order valence-corrected chi connectivity index (χ3v) is 4.19. The van der Waals surface area contributed by atoms with Crippen LogP contribution in [0.15, 0.2) is 0 Å². The highest BCUT2D eigenvalue weighted by Crippen LogP contribution is 2.45. The molecule has 2 fully saturated rings. The maximum absolute atomic E-state index is 12.2. The number of likely N-dealkylation sites (tertiary alicyclic amines) is 1. The standard InChI is InChI=1S/C14H25NO3/c1-13(2,3)18-12(16)15-9-10-7-5-6-8-11(10)14(15,4)17/h10-11,17H,5-9H2,1-4H3/t10?,11?,14-/m1/s1. The molecule has 2 aliphatic rings. The van der Waals surface area contributed by atoms with Gasteiger partial charge in [-0.25, -0.2) is 4.79 Å². The Morgan fingerprint density at radius 3 is 2.50 bits per heavy atom. The van der Waals surface area contributed by atoms with E-state index in [-0.39, 0.29) is 12.0 Å². The first-order valence-electron chi connectivity index (χ1n) is 6.95. The van der Waals surface area contributed by atoms with Gasteiger partial charge in [-0.3, -0.25) is 4.90 Å². The van der Waals surface area contributed by atoms with E-state index in [9.17, 15) is 9.90 Å². The second-order valence-electron chi connectivity index (χ2n) is 6.84. The van der Waals surface area contributed by atoms with Crippen LogP contribution < -0.4 is 0 Å². The van der Waals surface area contributed by atoms with E-state index in [4.69, 9.17) is 4.74 Å². The van der Waals surface area contributed by atoms with Gasteiger partial charge in [-0.05, 0) is 46.5 Å². The highest BCUT2D eigenvalue weighted by atomic mass is 16.6. The number of fused-ring (bicyclic) bond motifs is 1. The molecule has 0 aromatic rings. The van der Waals surface area contributed by atoms with Gasteiger partial charge in [0.05, 0.1) is 0 Å². The molecular formula is C14H25NO3. The van der Waals surface area contributed by atoms with E-state index in [0.29, 0.717) is 12.5 Å². The molecule has 1 heterocycles. The molecule has 1 saturated carbocycles. The van der Waals surface area contributed by atoms with Crippen LogP contribution in [0.5, 0.6) is 0 Å². The third-order valence-electron chi connectivity index (χ3n) is 4.19. The lowest BCUT2D eigenvalue weighted by Gasteiger charge is -2.36. The quantitative estimate of drug-likeness (QED) is 0.724. The average molecular weight is 255 g/mol. The van der Waals surface area contributed by atoms with Gasteiger partial charge >= 0.3 is 6.09 Å². The summed E-state index contributed by atoms with van der Waals surface area (Å²) in [6.07, 6.45) is 4.09. The zero-order valence-electron chi connectivity index (χ0n) is 11.9. The van der Waals surface area contributed by atoms with Crippen molar-refractivity contribution in [2.75, 3.05) is 6.54 Å². The Morgan fingerprint density at radius 1 is 1.33 bits per heavy atom. The summed E-state index contributed by atoms with van der Waals surface area (Å²) in [5.74, 6) is 0.639. The minimum Gasteiger partial charge on any atom is -0.444 e. The first-order chi connectivity index (χ1) is 8.22. The van der Waals surface area contributed by atoms with Crippen molar-refractivity contribution in [3.05, 3.63) is 0 Å². The summed E-state index contributed by atoms with van der Waals surface area (Å²) in [7, 11) is 0. The number of ether oxygens (including phenoxy) is 1. The van der Waals surface area contributed by atoms with Gasteiger partial charge in [0.15, 0.2) is 0 Å². The van der Waals surface area contributed by atoms with Crippen LogP contribution in [0, 0.1) is 11.8 Å². The molecule has 1 aliphatic heterocycles. The Labute approximate surface area is 109 Å². The SMILES string of the molecule is CC(C)(C)OC(=O)N1CC2CCCCC2[C@@]1(C)O. The zero-order chi connectivity index (χ0) is 13.6. The molecule has 2 rings (SSSR count). The van der Waals surface area contributed by atoms with Gasteiger partial charge in [0.2, 0.25) is 0 Å². The molecule has 1 amide bonds. The smallest absolute Gasteiger partial charge is 0.412 e. The van der Waals surface area contributed by atoms with Gasteiger partial charge in [-0.1, -0.05) is 12.8 Å². The Hall–Kier alpha value is -0.770. The maximum atomic E-state index is 12.2. The lowest BCUT2D eigenvalue weighted by Crippen LogP contribution is -2.50. The lowest BCUT2D eigenvalue weighted by atomic mass is 9.77. The van der Waals surface area contributed by atoms with E-state index in [0.717, 1.165) is 19.3 Å². The number of carbonyl (C=O) groups excluding carboxylic acids is 1. The summed E-state index contributed by atoms with van der Waals surface area (Å²) in [4.78, 5) is 13.7. The van der Waals surface area contributed by atoms with Crippen LogP contribution in [-0.2, 0) is 4.74 Å². The van der Waals surface area contributed by atoms with Crippen LogP contribution in [0.1, 0.15) is 53.4 Å². The highest BCUT2D eigenvalue weighted by molar-refractivity contribution is 5.69. The fraction of sp³-hybridized carbons (Fsp3) is 0.929. The summed E-state index contributed by atoms with van der Waals surface area (Å²) in [6.45, 7) is 7.94. The van der Waals surface area contributed by atoms with Crippen molar-refractivity contribution in [2.45, 2.75) is 64.7 Å². The van der Waals surface area contributed by atoms with Gasteiger partial charge in [0.25, 0.3) is 0 Å². The van der Waals surface area contributed by atoms with Gasteiger partial charge < -0.3 is 9.84 Å². The van der Waals surface area contributed by atoms with Crippen molar-refractivity contribution in [3.8, 4) is 0 Å². The molecule has 104 valence electrons. The fourth-order valence-corrected chi connectivity index (χ4v) is 3.34. The average Bonchev–Trinajstić information content (AvgIpc) is 2.49. The number of carbonyl (C=O) groups is 1. The number of hydrogen-bond acceptors (Lipinski definition) is 3. The predicted octanol–water partition coefficient (Wildman–Crippen LogP) is 2.75. The van der Waals surface area contributed by atoms with Gasteiger partial charge in [0, 0.05) is 12.5 Å². The number of amides is 1. The highest BCUT2D eigenvalue weighted by Gasteiger charge is 2.52. The minimum atomic E-state index is -1.05. The molecule has 0 radical (unpaired) electrons. The first-order valence-corrected chi connectivity index (χ1v) is 6.95. The molecular weight excluding hydrogens is 230 g/mol. The predicted molar refractivity (Wildman–Crippen MR) is 69.0 cm³/mol. The van der Waals surface area contributed by atoms with Crippen LogP contribution in [0.3, 0.4) is 0 Å². The van der Waals surface area contributed by atoms with Gasteiger partial charge in [-0.15, -0.1) is 0 Å². The van der Waals surface area contributed by atoms with Crippen molar-refractivity contribution < 1.29 is 14.6 Å². The van der Waals surface area contributed by atoms with Crippen LogP contribution in [-0.4, -0.2) is 34.0 Å². The van der Waals surface area contributed by atoms with Gasteiger partial charge in [0.1, 0.15) is 11.3 Å². The second-order valence-corrected chi connectivity index (χ2v) is 6.84. The number of nitrogens with zero attached hydrogens (tertiary/aromatic N) is 1. The normalized spacial score (nSPS) is 36.4. The number of rotatable bonds is 0. The molecule has 1 aliphatic carbocycles. The topological polar surface area (TPSA) is 49.8 Å². The van der Waals surface area contributed by atoms with Crippen LogP contribution in [0.25, 0.3) is 0 Å². The van der Waals surface area contributed by atoms with E-state index < -0.39 is 11.3 Å². The molecule has 0 aromatic carbocycles. The lowest BCUT2D eigenvalue weighted by molar-refractivity contribution is -0.101. The molecule has 4 nitrogen and oxygen atoms in total. The van der Waals surface area contributed by atoms with E-state index in [2.05, 4.69) is 0 Å². The monoisotopic (exact) mass is 255 g/mol. The largest absolute Gasteiger partial charge is 0.444 e. The van der Waals surface area contributed by atoms with E-state index >= 15 is 0 Å². The summed E-state index contributed by atoms with van der Waals surface area (Å²) in [5.41, 5.74) is -1.56. The fourth-order valence-electron chi connectivity index (χ4n) is 3.34. The molecule has 1 N–H and O–H groups in total.